The topological polar surface area (TPSA) is 55.1 Å². The molecule has 1 aromatic carbocycles. The van der Waals surface area contributed by atoms with Gasteiger partial charge in [0.25, 0.3) is 5.91 Å². The largest absolute Gasteiger partial charge is 0.399 e. The first-order chi connectivity index (χ1) is 6.69. The van der Waals surface area contributed by atoms with E-state index in [0.29, 0.717) is 5.69 Å². The van der Waals surface area contributed by atoms with E-state index < -0.39 is 0 Å². The minimum Gasteiger partial charge on any atom is -0.399 e. The average Bonchev–Trinajstić information content (AvgIpc) is 2.17. The molecule has 1 rings (SSSR count). The van der Waals surface area contributed by atoms with Crippen molar-refractivity contribution in [1.29, 1.82) is 0 Å². The van der Waals surface area contributed by atoms with Crippen molar-refractivity contribution in [3.8, 4) is 0 Å². The number of carbonyl (C=O) groups excluding carboxylic acids is 1. The van der Waals surface area contributed by atoms with Gasteiger partial charge < -0.3 is 11.1 Å². The number of nitrogens with one attached hydrogen (secondary N) is 1. The molecule has 14 heavy (non-hydrogen) atoms. The molecule has 0 saturated heterocycles. The Morgan fingerprint density at radius 2 is 2.21 bits per heavy atom. The molecule has 0 bridgehead atoms. The van der Waals surface area contributed by atoms with Gasteiger partial charge in [-0.2, -0.15) is 0 Å². The third kappa shape index (κ3) is 2.25. The van der Waals surface area contributed by atoms with Gasteiger partial charge in [-0.05, 0) is 30.2 Å². The van der Waals surface area contributed by atoms with Gasteiger partial charge in [0.2, 0.25) is 0 Å². The number of rotatable bonds is 3. The molecule has 3 N–H and O–H groups in total. The highest BCUT2D eigenvalue weighted by atomic mass is 16.1. The monoisotopic (exact) mass is 192 g/mol. The van der Waals surface area contributed by atoms with Gasteiger partial charge in [0.05, 0.1) is 0 Å². The van der Waals surface area contributed by atoms with Crippen LogP contribution in [-0.2, 0) is 6.42 Å². The standard InChI is InChI=1S/C11H16N2O/c1-3-4-8-7-9(12)5-6-10(8)11(14)13-2/h5-7H,3-4,12H2,1-2H3,(H,13,14). The number of carbonyl (C=O) groups is 1. The van der Waals surface area contributed by atoms with Crippen LogP contribution < -0.4 is 11.1 Å². The molecule has 0 atom stereocenters. The molecule has 3 nitrogen and oxygen atoms in total. The van der Waals surface area contributed by atoms with Crippen LogP contribution in [0, 0.1) is 0 Å². The maximum atomic E-state index is 11.5. The Hall–Kier alpha value is -1.51. The van der Waals surface area contributed by atoms with Gasteiger partial charge >= 0.3 is 0 Å². The van der Waals surface area contributed by atoms with Crippen LogP contribution in [0.5, 0.6) is 0 Å². The Morgan fingerprint density at radius 3 is 2.79 bits per heavy atom. The summed E-state index contributed by atoms with van der Waals surface area (Å²) in [5.74, 6) is -0.0477. The number of nitrogens with two attached hydrogens (primary N) is 1. The molecule has 0 aliphatic heterocycles. The van der Waals surface area contributed by atoms with E-state index in [0.717, 1.165) is 24.0 Å². The second-order valence-electron chi connectivity index (χ2n) is 3.25. The molecule has 1 amide bonds. The van der Waals surface area contributed by atoms with E-state index in [1.807, 2.05) is 6.07 Å². The van der Waals surface area contributed by atoms with Crippen LogP contribution in [0.3, 0.4) is 0 Å². The first-order valence-electron chi connectivity index (χ1n) is 4.79. The molecule has 0 unspecified atom stereocenters. The Labute approximate surface area is 84.3 Å². The molecule has 0 saturated carbocycles. The fourth-order valence-electron chi connectivity index (χ4n) is 1.45. The number of aryl methyl sites for hydroxylation is 1. The highest BCUT2D eigenvalue weighted by molar-refractivity contribution is 5.95. The van der Waals surface area contributed by atoms with Gasteiger partial charge in [0.1, 0.15) is 0 Å². The Kier molecular flexibility index (Phi) is 3.51. The van der Waals surface area contributed by atoms with Crippen LogP contribution in [0.1, 0.15) is 29.3 Å². The van der Waals surface area contributed by atoms with Gasteiger partial charge in [-0.1, -0.05) is 13.3 Å². The van der Waals surface area contributed by atoms with E-state index >= 15 is 0 Å². The lowest BCUT2D eigenvalue weighted by atomic mass is 10.0. The molecule has 0 spiro atoms. The van der Waals surface area contributed by atoms with Gasteiger partial charge in [-0.25, -0.2) is 0 Å². The first kappa shape index (κ1) is 10.6. The minimum atomic E-state index is -0.0477. The Bertz CT molecular complexity index is 334. The molecule has 3 heteroatoms. The lowest BCUT2D eigenvalue weighted by molar-refractivity contribution is 0.0962. The van der Waals surface area contributed by atoms with Crippen LogP contribution in [-0.4, -0.2) is 13.0 Å². The van der Waals surface area contributed by atoms with Crippen molar-refractivity contribution in [3.63, 3.8) is 0 Å². The summed E-state index contributed by atoms with van der Waals surface area (Å²) in [7, 11) is 1.63. The molecule has 1 aromatic rings. The van der Waals surface area contributed by atoms with Crippen LogP contribution in [0.2, 0.25) is 0 Å². The highest BCUT2D eigenvalue weighted by Gasteiger charge is 2.08. The van der Waals surface area contributed by atoms with Crippen LogP contribution in [0.15, 0.2) is 18.2 Å². The second kappa shape index (κ2) is 4.65. The van der Waals surface area contributed by atoms with Crippen molar-refractivity contribution in [2.24, 2.45) is 0 Å². The van der Waals surface area contributed by atoms with E-state index in [-0.39, 0.29) is 5.91 Å². The zero-order valence-corrected chi connectivity index (χ0v) is 8.63. The van der Waals surface area contributed by atoms with Gasteiger partial charge in [-0.3, -0.25) is 4.79 Å². The van der Waals surface area contributed by atoms with E-state index in [9.17, 15) is 4.79 Å². The fraction of sp³-hybridized carbons (Fsp3) is 0.364. The molecule has 0 radical (unpaired) electrons. The molecule has 0 fully saturated rings. The summed E-state index contributed by atoms with van der Waals surface area (Å²) in [6.07, 6.45) is 1.89. The normalized spacial score (nSPS) is 9.86. The van der Waals surface area contributed by atoms with E-state index in [1.165, 1.54) is 0 Å². The summed E-state index contributed by atoms with van der Waals surface area (Å²) in [6.45, 7) is 2.08. The molecule has 0 heterocycles. The average molecular weight is 192 g/mol. The summed E-state index contributed by atoms with van der Waals surface area (Å²) in [4.78, 5) is 11.5. The predicted molar refractivity (Wildman–Crippen MR) is 58.2 cm³/mol. The van der Waals surface area contributed by atoms with Crippen molar-refractivity contribution in [2.45, 2.75) is 19.8 Å². The zero-order valence-electron chi connectivity index (χ0n) is 8.63. The number of hydrogen-bond donors (Lipinski definition) is 2. The number of hydrogen-bond acceptors (Lipinski definition) is 2. The van der Waals surface area contributed by atoms with E-state index in [1.54, 1.807) is 19.2 Å². The Balaban J connectivity index is 3.07. The maximum Gasteiger partial charge on any atom is 0.251 e. The van der Waals surface area contributed by atoms with Crippen molar-refractivity contribution < 1.29 is 4.79 Å². The number of nitrogen functional groups attached to an aromatic ring is 1. The Morgan fingerprint density at radius 1 is 1.50 bits per heavy atom. The van der Waals surface area contributed by atoms with Crippen molar-refractivity contribution in [2.75, 3.05) is 12.8 Å². The molecule has 76 valence electrons. The second-order valence-corrected chi connectivity index (χ2v) is 3.25. The van der Waals surface area contributed by atoms with Gasteiger partial charge in [-0.15, -0.1) is 0 Å². The molecule has 0 aliphatic rings. The third-order valence-electron chi connectivity index (χ3n) is 2.12. The molecule has 0 aromatic heterocycles. The van der Waals surface area contributed by atoms with Crippen molar-refractivity contribution in [3.05, 3.63) is 29.3 Å². The van der Waals surface area contributed by atoms with E-state index in [2.05, 4.69) is 12.2 Å². The third-order valence-corrected chi connectivity index (χ3v) is 2.12. The van der Waals surface area contributed by atoms with Gasteiger partial charge in [0, 0.05) is 18.3 Å². The SMILES string of the molecule is CCCc1cc(N)ccc1C(=O)NC. The highest BCUT2D eigenvalue weighted by Crippen LogP contribution is 2.15. The summed E-state index contributed by atoms with van der Waals surface area (Å²) in [5.41, 5.74) is 8.12. The zero-order chi connectivity index (χ0) is 10.6. The summed E-state index contributed by atoms with van der Waals surface area (Å²) >= 11 is 0. The minimum absolute atomic E-state index is 0.0477. The maximum absolute atomic E-state index is 11.5. The smallest absolute Gasteiger partial charge is 0.251 e. The van der Waals surface area contributed by atoms with Crippen molar-refractivity contribution in [1.82, 2.24) is 5.32 Å². The van der Waals surface area contributed by atoms with E-state index in [4.69, 9.17) is 5.73 Å². The quantitative estimate of drug-likeness (QED) is 0.714. The summed E-state index contributed by atoms with van der Waals surface area (Å²) in [5, 5.41) is 2.62. The van der Waals surface area contributed by atoms with Crippen molar-refractivity contribution >= 4 is 11.6 Å². The number of benzene rings is 1. The molecular weight excluding hydrogens is 176 g/mol. The number of amides is 1. The summed E-state index contributed by atoms with van der Waals surface area (Å²) < 4.78 is 0. The van der Waals surface area contributed by atoms with Crippen LogP contribution in [0.25, 0.3) is 0 Å². The first-order valence-corrected chi connectivity index (χ1v) is 4.79. The van der Waals surface area contributed by atoms with Crippen LogP contribution in [0.4, 0.5) is 5.69 Å². The summed E-state index contributed by atoms with van der Waals surface area (Å²) in [6, 6.07) is 5.40. The van der Waals surface area contributed by atoms with Crippen LogP contribution >= 0.6 is 0 Å². The molecule has 0 aliphatic carbocycles. The lowest BCUT2D eigenvalue weighted by Gasteiger charge is -2.08. The number of anilines is 1. The fourth-order valence-corrected chi connectivity index (χ4v) is 1.45. The lowest BCUT2D eigenvalue weighted by Crippen LogP contribution is -2.19. The molecular formula is C11H16N2O. The predicted octanol–water partition coefficient (Wildman–Crippen LogP) is 1.58. The van der Waals surface area contributed by atoms with Gasteiger partial charge in [0.15, 0.2) is 0 Å².